The van der Waals surface area contributed by atoms with E-state index in [1.165, 1.54) is 25.7 Å². The van der Waals surface area contributed by atoms with Gasteiger partial charge in [-0.3, -0.25) is 14.4 Å². The van der Waals surface area contributed by atoms with Gasteiger partial charge in [0.1, 0.15) is 0 Å². The van der Waals surface area contributed by atoms with Crippen LogP contribution >= 0.6 is 0 Å². The SMILES string of the molecule is CCCCN1[C@@H]2COC[C@H]1CC(NC(=O)c1nn(C3CCCC3)c3ccccc13)C2. The summed E-state index contributed by atoms with van der Waals surface area (Å²) in [6, 6.07) is 9.66. The first-order chi connectivity index (χ1) is 14.7. The molecule has 6 nitrogen and oxygen atoms in total. The maximum atomic E-state index is 13.3. The van der Waals surface area contributed by atoms with Crippen LogP contribution in [0, 0.1) is 0 Å². The molecule has 3 aliphatic rings. The van der Waals surface area contributed by atoms with Gasteiger partial charge in [-0.2, -0.15) is 5.10 Å². The number of carbonyl (C=O) groups is 1. The minimum atomic E-state index is -0.0195. The average Bonchev–Trinajstić information content (AvgIpc) is 3.40. The average molecular weight is 411 g/mol. The number of hydrogen-bond acceptors (Lipinski definition) is 4. The van der Waals surface area contributed by atoms with E-state index >= 15 is 0 Å². The first kappa shape index (κ1) is 20.0. The van der Waals surface area contributed by atoms with E-state index in [1.807, 2.05) is 18.2 Å². The zero-order valence-electron chi connectivity index (χ0n) is 18.1. The summed E-state index contributed by atoms with van der Waals surface area (Å²) < 4.78 is 7.95. The summed E-state index contributed by atoms with van der Waals surface area (Å²) in [6.45, 7) is 4.96. The van der Waals surface area contributed by atoms with Crippen LogP contribution in [0.25, 0.3) is 10.9 Å². The number of carbonyl (C=O) groups excluding carboxylic acids is 1. The van der Waals surface area contributed by atoms with E-state index in [2.05, 4.69) is 27.9 Å². The summed E-state index contributed by atoms with van der Waals surface area (Å²) in [6.07, 6.45) is 9.20. The summed E-state index contributed by atoms with van der Waals surface area (Å²) in [7, 11) is 0. The molecule has 0 spiro atoms. The molecule has 162 valence electrons. The maximum absolute atomic E-state index is 13.3. The van der Waals surface area contributed by atoms with Gasteiger partial charge >= 0.3 is 0 Å². The smallest absolute Gasteiger partial charge is 0.272 e. The van der Waals surface area contributed by atoms with Gasteiger partial charge in [-0.25, -0.2) is 0 Å². The largest absolute Gasteiger partial charge is 0.378 e. The molecule has 1 amide bonds. The Morgan fingerprint density at radius 3 is 2.60 bits per heavy atom. The Bertz CT molecular complexity index is 874. The fraction of sp³-hybridized carbons (Fsp3) is 0.667. The van der Waals surface area contributed by atoms with Crippen LogP contribution in [-0.2, 0) is 4.74 Å². The number of hydrogen-bond donors (Lipinski definition) is 1. The first-order valence-corrected chi connectivity index (χ1v) is 11.9. The summed E-state index contributed by atoms with van der Waals surface area (Å²) in [5.41, 5.74) is 1.68. The number of ether oxygens (including phenoxy) is 1. The molecule has 1 aromatic carbocycles. The van der Waals surface area contributed by atoms with E-state index in [0.717, 1.165) is 56.3 Å². The van der Waals surface area contributed by atoms with Gasteiger partial charge in [-0.05, 0) is 44.7 Å². The molecule has 1 N–H and O–H groups in total. The molecular formula is C24H34N4O2. The van der Waals surface area contributed by atoms with Gasteiger partial charge in [0.05, 0.1) is 24.8 Å². The second kappa shape index (κ2) is 8.67. The van der Waals surface area contributed by atoms with E-state index in [4.69, 9.17) is 9.84 Å². The number of fused-ring (bicyclic) bond motifs is 3. The quantitative estimate of drug-likeness (QED) is 0.784. The molecule has 2 aliphatic heterocycles. The molecule has 2 saturated heterocycles. The molecule has 1 aliphatic carbocycles. The van der Waals surface area contributed by atoms with Crippen LogP contribution in [0.5, 0.6) is 0 Å². The normalized spacial score (nSPS) is 27.6. The molecule has 2 aromatic rings. The Morgan fingerprint density at radius 1 is 1.13 bits per heavy atom. The van der Waals surface area contributed by atoms with Crippen molar-refractivity contribution in [2.75, 3.05) is 19.8 Å². The molecule has 6 heteroatoms. The van der Waals surface area contributed by atoms with Crippen molar-refractivity contribution in [2.45, 2.75) is 82.5 Å². The highest BCUT2D eigenvalue weighted by Crippen LogP contribution is 2.33. The van der Waals surface area contributed by atoms with Crippen LogP contribution in [0.1, 0.15) is 74.8 Å². The second-order valence-corrected chi connectivity index (χ2v) is 9.33. The molecule has 3 atom stereocenters. The predicted molar refractivity (Wildman–Crippen MR) is 118 cm³/mol. The van der Waals surface area contributed by atoms with Crippen molar-refractivity contribution in [3.8, 4) is 0 Å². The number of rotatable bonds is 6. The number of aromatic nitrogens is 2. The molecule has 3 fully saturated rings. The molecular weight excluding hydrogens is 376 g/mol. The molecule has 30 heavy (non-hydrogen) atoms. The number of nitrogens with one attached hydrogen (secondary N) is 1. The third kappa shape index (κ3) is 3.76. The lowest BCUT2D eigenvalue weighted by atomic mass is 9.89. The highest BCUT2D eigenvalue weighted by molar-refractivity contribution is 6.05. The van der Waals surface area contributed by atoms with Gasteiger partial charge < -0.3 is 10.1 Å². The number of para-hydroxylation sites is 1. The predicted octanol–water partition coefficient (Wildman–Crippen LogP) is 3.91. The van der Waals surface area contributed by atoms with Crippen molar-refractivity contribution in [2.24, 2.45) is 0 Å². The number of morpholine rings is 1. The van der Waals surface area contributed by atoms with Crippen molar-refractivity contribution < 1.29 is 9.53 Å². The van der Waals surface area contributed by atoms with Crippen molar-refractivity contribution in [1.29, 1.82) is 0 Å². The van der Waals surface area contributed by atoms with E-state index in [1.54, 1.807) is 0 Å². The fourth-order valence-electron chi connectivity index (χ4n) is 5.75. The van der Waals surface area contributed by atoms with Gasteiger partial charge in [-0.1, -0.05) is 44.4 Å². The van der Waals surface area contributed by atoms with Crippen LogP contribution in [0.2, 0.25) is 0 Å². The van der Waals surface area contributed by atoms with Crippen LogP contribution in [0.3, 0.4) is 0 Å². The highest BCUT2D eigenvalue weighted by atomic mass is 16.5. The topological polar surface area (TPSA) is 59.4 Å². The first-order valence-electron chi connectivity index (χ1n) is 11.9. The fourth-order valence-corrected chi connectivity index (χ4v) is 5.75. The van der Waals surface area contributed by atoms with Gasteiger partial charge in [0, 0.05) is 23.5 Å². The molecule has 1 unspecified atom stereocenters. The van der Waals surface area contributed by atoms with E-state index in [9.17, 15) is 4.79 Å². The summed E-state index contributed by atoms with van der Waals surface area (Å²) >= 11 is 0. The summed E-state index contributed by atoms with van der Waals surface area (Å²) in [4.78, 5) is 15.9. The lowest BCUT2D eigenvalue weighted by Gasteiger charge is -2.48. The molecule has 3 heterocycles. The number of nitrogens with zero attached hydrogens (tertiary/aromatic N) is 3. The van der Waals surface area contributed by atoms with Gasteiger partial charge in [-0.15, -0.1) is 0 Å². The third-order valence-electron chi connectivity index (χ3n) is 7.28. The van der Waals surface area contributed by atoms with Gasteiger partial charge in [0.25, 0.3) is 5.91 Å². The highest BCUT2D eigenvalue weighted by Gasteiger charge is 2.39. The maximum Gasteiger partial charge on any atom is 0.272 e. The Morgan fingerprint density at radius 2 is 1.87 bits per heavy atom. The minimum Gasteiger partial charge on any atom is -0.378 e. The van der Waals surface area contributed by atoms with E-state index in [0.29, 0.717) is 23.8 Å². The summed E-state index contributed by atoms with van der Waals surface area (Å²) in [5.74, 6) is -0.0195. The Hall–Kier alpha value is -1.92. The third-order valence-corrected chi connectivity index (χ3v) is 7.28. The standard InChI is InChI=1S/C24H34N4O2/c1-2-3-12-27-19-13-17(14-20(27)16-30-15-19)25-24(29)23-21-10-6-7-11-22(21)28(26-23)18-8-4-5-9-18/h6-7,10-11,17-20H,2-5,8-9,12-16H2,1H3,(H,25,29)/t17?,19-,20+. The van der Waals surface area contributed by atoms with Crippen LogP contribution < -0.4 is 5.32 Å². The molecule has 1 aromatic heterocycles. The molecule has 5 rings (SSSR count). The van der Waals surface area contributed by atoms with Crippen LogP contribution in [0.4, 0.5) is 0 Å². The number of unbranched alkanes of at least 4 members (excludes halogenated alkanes) is 1. The van der Waals surface area contributed by atoms with Gasteiger partial charge in [0.2, 0.25) is 0 Å². The molecule has 0 radical (unpaired) electrons. The number of benzene rings is 1. The van der Waals surface area contributed by atoms with Crippen LogP contribution in [-0.4, -0.2) is 58.5 Å². The lowest BCUT2D eigenvalue weighted by Crippen LogP contribution is -2.60. The zero-order valence-corrected chi connectivity index (χ0v) is 18.1. The summed E-state index contributed by atoms with van der Waals surface area (Å²) in [5, 5.41) is 9.15. The number of piperidine rings is 1. The van der Waals surface area contributed by atoms with Crippen LogP contribution in [0.15, 0.2) is 24.3 Å². The Balaban J connectivity index is 1.33. The lowest BCUT2D eigenvalue weighted by molar-refractivity contribution is -0.0802. The molecule has 1 saturated carbocycles. The minimum absolute atomic E-state index is 0.0195. The monoisotopic (exact) mass is 410 g/mol. The number of amides is 1. The Labute approximate surface area is 178 Å². The van der Waals surface area contributed by atoms with Crippen molar-refractivity contribution in [1.82, 2.24) is 20.0 Å². The zero-order chi connectivity index (χ0) is 20.5. The van der Waals surface area contributed by atoms with Crippen molar-refractivity contribution >= 4 is 16.8 Å². The van der Waals surface area contributed by atoms with Crippen molar-refractivity contribution in [3.63, 3.8) is 0 Å². The van der Waals surface area contributed by atoms with E-state index < -0.39 is 0 Å². The van der Waals surface area contributed by atoms with Gasteiger partial charge in [0.15, 0.2) is 5.69 Å². The molecule has 2 bridgehead atoms. The van der Waals surface area contributed by atoms with Crippen molar-refractivity contribution in [3.05, 3.63) is 30.0 Å². The van der Waals surface area contributed by atoms with E-state index in [-0.39, 0.29) is 11.9 Å². The second-order valence-electron chi connectivity index (χ2n) is 9.33. The Kier molecular flexibility index (Phi) is 5.79.